The molecule has 0 aliphatic carbocycles. The minimum absolute atomic E-state index is 0.0851. The summed E-state index contributed by atoms with van der Waals surface area (Å²) in [6, 6.07) is 15.2. The third-order valence-corrected chi connectivity index (χ3v) is 5.14. The molecule has 1 N–H and O–H groups in total. The average molecular weight is 413 g/mol. The molecule has 152 valence electrons. The molecule has 1 heterocycles. The Morgan fingerprint density at radius 3 is 2.66 bits per heavy atom. The van der Waals surface area contributed by atoms with Crippen molar-refractivity contribution in [2.45, 2.75) is 32.2 Å². The number of benzene rings is 2. The van der Waals surface area contributed by atoms with Crippen molar-refractivity contribution < 1.29 is 14.3 Å². The molecule has 0 fully saturated rings. The molecule has 3 aromatic rings. The number of thioether (sulfide) groups is 1. The number of hydrogen-bond acceptors (Lipinski definition) is 6. The predicted octanol–water partition coefficient (Wildman–Crippen LogP) is 3.92. The summed E-state index contributed by atoms with van der Waals surface area (Å²) in [5, 5.41) is 12.0. The van der Waals surface area contributed by atoms with Gasteiger partial charge in [-0.2, -0.15) is 0 Å². The first-order valence-electron chi connectivity index (χ1n) is 9.28. The Labute approximate surface area is 174 Å². The molecule has 0 spiro atoms. The van der Waals surface area contributed by atoms with E-state index in [1.165, 1.54) is 11.8 Å². The number of ether oxygens (including phenoxy) is 2. The van der Waals surface area contributed by atoms with E-state index in [0.717, 1.165) is 11.3 Å². The molecule has 7 nitrogen and oxygen atoms in total. The van der Waals surface area contributed by atoms with Gasteiger partial charge in [0.2, 0.25) is 5.91 Å². The maximum atomic E-state index is 12.3. The van der Waals surface area contributed by atoms with Crippen LogP contribution in [0.4, 0.5) is 5.69 Å². The molecule has 1 amide bonds. The van der Waals surface area contributed by atoms with Crippen LogP contribution in [0.5, 0.6) is 11.5 Å². The van der Waals surface area contributed by atoms with Crippen LogP contribution in [-0.4, -0.2) is 33.5 Å². The molecule has 0 aliphatic rings. The molecule has 0 bridgehead atoms. The summed E-state index contributed by atoms with van der Waals surface area (Å²) in [6.45, 7) is 4.94. The van der Waals surface area contributed by atoms with Crippen LogP contribution in [0.2, 0.25) is 0 Å². The van der Waals surface area contributed by atoms with Gasteiger partial charge in [-0.05, 0) is 43.7 Å². The molecule has 1 aromatic heterocycles. The highest BCUT2D eigenvalue weighted by atomic mass is 32.2. The molecule has 8 heteroatoms. The van der Waals surface area contributed by atoms with Gasteiger partial charge in [0, 0.05) is 12.2 Å². The van der Waals surface area contributed by atoms with E-state index < -0.39 is 0 Å². The summed E-state index contributed by atoms with van der Waals surface area (Å²) >= 11 is 1.35. The van der Waals surface area contributed by atoms with Crippen molar-refractivity contribution >= 4 is 23.4 Å². The van der Waals surface area contributed by atoms with Crippen LogP contribution in [0.15, 0.2) is 53.7 Å². The monoisotopic (exact) mass is 412 g/mol. The molecule has 2 aromatic carbocycles. The number of hydrogen-bond donors (Lipinski definition) is 1. The molecule has 0 aliphatic heterocycles. The number of carbonyl (C=O) groups excluding carboxylic acids is 1. The van der Waals surface area contributed by atoms with E-state index in [9.17, 15) is 4.79 Å². The van der Waals surface area contributed by atoms with Gasteiger partial charge in [-0.25, -0.2) is 0 Å². The molecule has 0 radical (unpaired) electrons. The van der Waals surface area contributed by atoms with Crippen LogP contribution in [0.25, 0.3) is 0 Å². The lowest BCUT2D eigenvalue weighted by atomic mass is 10.2. The van der Waals surface area contributed by atoms with E-state index in [2.05, 4.69) is 15.5 Å². The number of methoxy groups -OCH3 is 1. The first kappa shape index (κ1) is 20.7. The fourth-order valence-corrected chi connectivity index (χ4v) is 3.60. The van der Waals surface area contributed by atoms with Gasteiger partial charge in [0.1, 0.15) is 6.61 Å². The number of carbonyl (C=O) groups is 1. The topological polar surface area (TPSA) is 78.3 Å². The van der Waals surface area contributed by atoms with Gasteiger partial charge in [-0.15, -0.1) is 10.2 Å². The molecule has 3 rings (SSSR count). The van der Waals surface area contributed by atoms with Crippen molar-refractivity contribution in [3.63, 3.8) is 0 Å². The van der Waals surface area contributed by atoms with Crippen LogP contribution in [0, 0.1) is 6.92 Å². The van der Waals surface area contributed by atoms with Crippen molar-refractivity contribution in [3.05, 3.63) is 59.9 Å². The number of nitrogens with one attached hydrogen (secondary N) is 1. The second kappa shape index (κ2) is 9.97. The number of nitrogens with zero attached hydrogens (tertiary/aromatic N) is 3. The average Bonchev–Trinajstić information content (AvgIpc) is 3.12. The summed E-state index contributed by atoms with van der Waals surface area (Å²) in [6.07, 6.45) is 0. The van der Waals surface area contributed by atoms with Gasteiger partial charge in [0.15, 0.2) is 22.5 Å². The first-order valence-corrected chi connectivity index (χ1v) is 10.3. The summed E-state index contributed by atoms with van der Waals surface area (Å²) in [4.78, 5) is 12.3. The fraction of sp³-hybridized carbons (Fsp3) is 0.286. The third kappa shape index (κ3) is 5.51. The summed E-state index contributed by atoms with van der Waals surface area (Å²) in [5.41, 5.74) is 1.89. The highest BCUT2D eigenvalue weighted by molar-refractivity contribution is 7.99. The predicted molar refractivity (Wildman–Crippen MR) is 114 cm³/mol. The Kier molecular flexibility index (Phi) is 7.13. The smallest absolute Gasteiger partial charge is 0.234 e. The SMILES string of the molecule is CCn1c(COc2ccccc2OC)nnc1SCC(=O)Nc1cccc(C)c1. The van der Waals surface area contributed by atoms with Gasteiger partial charge < -0.3 is 19.4 Å². The second-order valence-electron chi connectivity index (χ2n) is 6.29. The van der Waals surface area contributed by atoms with Gasteiger partial charge in [-0.1, -0.05) is 36.0 Å². The van der Waals surface area contributed by atoms with E-state index >= 15 is 0 Å². The van der Waals surface area contributed by atoms with E-state index in [1.807, 2.05) is 66.9 Å². The number of anilines is 1. The Hall–Kier alpha value is -3.00. The quantitative estimate of drug-likeness (QED) is 0.537. The molecule has 29 heavy (non-hydrogen) atoms. The minimum Gasteiger partial charge on any atom is -0.493 e. The first-order chi connectivity index (χ1) is 14.1. The van der Waals surface area contributed by atoms with Gasteiger partial charge in [-0.3, -0.25) is 4.79 Å². The van der Waals surface area contributed by atoms with Gasteiger partial charge in [0.05, 0.1) is 12.9 Å². The lowest BCUT2D eigenvalue weighted by molar-refractivity contribution is -0.113. The van der Waals surface area contributed by atoms with Crippen molar-refractivity contribution in [1.82, 2.24) is 14.8 Å². The molecular formula is C21H24N4O3S. The number of aromatic nitrogens is 3. The lowest BCUT2D eigenvalue weighted by Gasteiger charge is -2.11. The zero-order chi connectivity index (χ0) is 20.6. The lowest BCUT2D eigenvalue weighted by Crippen LogP contribution is -2.15. The molecule has 0 saturated carbocycles. The van der Waals surface area contributed by atoms with Crippen LogP contribution in [0.1, 0.15) is 18.3 Å². The van der Waals surface area contributed by atoms with Crippen LogP contribution in [0.3, 0.4) is 0 Å². The van der Waals surface area contributed by atoms with Crippen molar-refractivity contribution in [2.24, 2.45) is 0 Å². The van der Waals surface area contributed by atoms with E-state index in [4.69, 9.17) is 9.47 Å². The fourth-order valence-electron chi connectivity index (χ4n) is 2.78. The van der Waals surface area contributed by atoms with Crippen molar-refractivity contribution in [3.8, 4) is 11.5 Å². The Bertz CT molecular complexity index is 974. The number of para-hydroxylation sites is 2. The van der Waals surface area contributed by atoms with Gasteiger partial charge in [0.25, 0.3) is 0 Å². The van der Waals surface area contributed by atoms with Crippen molar-refractivity contribution in [1.29, 1.82) is 0 Å². The van der Waals surface area contributed by atoms with E-state index in [1.54, 1.807) is 7.11 Å². The van der Waals surface area contributed by atoms with Crippen LogP contribution >= 0.6 is 11.8 Å². The highest BCUT2D eigenvalue weighted by Crippen LogP contribution is 2.27. The maximum Gasteiger partial charge on any atom is 0.234 e. The molecular weight excluding hydrogens is 388 g/mol. The molecule has 0 atom stereocenters. The number of aryl methyl sites for hydroxylation is 1. The van der Waals surface area contributed by atoms with Crippen LogP contribution < -0.4 is 14.8 Å². The van der Waals surface area contributed by atoms with Gasteiger partial charge >= 0.3 is 0 Å². The van der Waals surface area contributed by atoms with E-state index in [0.29, 0.717) is 29.0 Å². The Morgan fingerprint density at radius 1 is 1.14 bits per heavy atom. The number of amides is 1. The van der Waals surface area contributed by atoms with Crippen LogP contribution in [-0.2, 0) is 17.9 Å². The molecule has 0 saturated heterocycles. The Morgan fingerprint density at radius 2 is 1.93 bits per heavy atom. The number of rotatable bonds is 9. The standard InChI is InChI=1S/C21H24N4O3S/c1-4-25-19(13-28-18-11-6-5-10-17(18)27-3)23-24-21(25)29-14-20(26)22-16-9-7-8-15(2)12-16/h5-12H,4,13-14H2,1-3H3,(H,22,26). The minimum atomic E-state index is -0.0851. The zero-order valence-corrected chi connectivity index (χ0v) is 17.5. The molecule has 0 unspecified atom stereocenters. The summed E-state index contributed by atoms with van der Waals surface area (Å²) in [5.74, 6) is 2.17. The third-order valence-electron chi connectivity index (χ3n) is 4.17. The highest BCUT2D eigenvalue weighted by Gasteiger charge is 2.14. The Balaban J connectivity index is 1.59. The second-order valence-corrected chi connectivity index (χ2v) is 7.23. The van der Waals surface area contributed by atoms with Crippen molar-refractivity contribution in [2.75, 3.05) is 18.2 Å². The maximum absolute atomic E-state index is 12.3. The largest absolute Gasteiger partial charge is 0.493 e. The summed E-state index contributed by atoms with van der Waals surface area (Å²) < 4.78 is 13.1. The zero-order valence-electron chi connectivity index (χ0n) is 16.7. The normalized spacial score (nSPS) is 10.6. The van der Waals surface area contributed by atoms with E-state index in [-0.39, 0.29) is 18.3 Å². The summed E-state index contributed by atoms with van der Waals surface area (Å²) in [7, 11) is 1.60.